The Kier molecular flexibility index (Phi) is 11.4. The first-order chi connectivity index (χ1) is 21.5. The lowest BCUT2D eigenvalue weighted by atomic mass is 9.63. The molecule has 0 spiro atoms. The maximum atomic E-state index is 14.3. The summed E-state index contributed by atoms with van der Waals surface area (Å²) in [5.74, 6) is 2.16. The molecule has 1 aromatic carbocycles. The number of hydrogen-bond acceptors (Lipinski definition) is 6. The lowest BCUT2D eigenvalue weighted by Gasteiger charge is -2.51. The summed E-state index contributed by atoms with van der Waals surface area (Å²) in [6, 6.07) is 7.32. The zero-order chi connectivity index (χ0) is 34.2. The van der Waals surface area contributed by atoms with E-state index >= 15 is 0 Å². The topological polar surface area (TPSA) is 71.0 Å². The van der Waals surface area contributed by atoms with Crippen molar-refractivity contribution in [3.05, 3.63) is 41.0 Å². The minimum Gasteiger partial charge on any atom is -0.414 e. The molecule has 0 radical (unpaired) electrons. The minimum absolute atomic E-state index is 0.164. The molecule has 1 fully saturated rings. The van der Waals surface area contributed by atoms with Gasteiger partial charge in [-0.05, 0) is 72.2 Å². The zero-order valence-corrected chi connectivity index (χ0v) is 34.1. The molecular formula is C35H58ClN5O3Si2. The first-order valence-electron chi connectivity index (χ1n) is 17.2. The number of nitrogens with zero attached hydrogens (tertiary/aromatic N) is 5. The number of anilines is 3. The molecule has 1 aromatic heterocycles. The molecule has 2 heterocycles. The molecule has 8 nitrogen and oxygen atoms in total. The maximum Gasteiger partial charge on any atom is 0.330 e. The van der Waals surface area contributed by atoms with Gasteiger partial charge >= 0.3 is 6.03 Å². The summed E-state index contributed by atoms with van der Waals surface area (Å²) in [7, 11) is -1.64. The maximum absolute atomic E-state index is 14.3. The van der Waals surface area contributed by atoms with Gasteiger partial charge in [0.15, 0.2) is 18.8 Å². The number of benzene rings is 1. The second-order valence-electron chi connectivity index (χ2n) is 15.7. The number of halogens is 1. The van der Waals surface area contributed by atoms with Gasteiger partial charge in [0.25, 0.3) is 5.95 Å². The van der Waals surface area contributed by atoms with E-state index in [2.05, 4.69) is 76.2 Å². The molecular weight excluding hydrogens is 630 g/mol. The molecule has 1 unspecified atom stereocenters. The van der Waals surface area contributed by atoms with Gasteiger partial charge in [0.1, 0.15) is 5.82 Å². The number of carbonyl (C=O) groups excluding carboxylic acids is 1. The van der Waals surface area contributed by atoms with Gasteiger partial charge in [-0.3, -0.25) is 9.80 Å². The second kappa shape index (κ2) is 14.2. The van der Waals surface area contributed by atoms with Gasteiger partial charge in [0.05, 0.1) is 35.9 Å². The quantitative estimate of drug-likeness (QED) is 0.174. The third kappa shape index (κ3) is 6.93. The van der Waals surface area contributed by atoms with Gasteiger partial charge in [-0.1, -0.05) is 93.0 Å². The highest BCUT2D eigenvalue weighted by molar-refractivity contribution is 6.77. The molecule has 3 atom stereocenters. The third-order valence-electron chi connectivity index (χ3n) is 11.1. The molecule has 1 aliphatic heterocycles. The van der Waals surface area contributed by atoms with E-state index in [1.165, 1.54) is 0 Å². The van der Waals surface area contributed by atoms with Gasteiger partial charge in [-0.25, -0.2) is 14.8 Å². The summed E-state index contributed by atoms with van der Waals surface area (Å²) in [4.78, 5) is 27.8. The number of amides is 2. The zero-order valence-electron chi connectivity index (χ0n) is 30.4. The van der Waals surface area contributed by atoms with E-state index in [9.17, 15) is 4.79 Å². The van der Waals surface area contributed by atoms with Crippen molar-refractivity contribution >= 4 is 53.9 Å². The number of urea groups is 1. The highest BCUT2D eigenvalue weighted by Crippen LogP contribution is 2.48. The van der Waals surface area contributed by atoms with Crippen LogP contribution in [-0.2, 0) is 15.5 Å². The highest BCUT2D eigenvalue weighted by Gasteiger charge is 2.47. The Morgan fingerprint density at radius 2 is 1.76 bits per heavy atom. The van der Waals surface area contributed by atoms with Crippen LogP contribution in [0, 0.1) is 17.3 Å². The van der Waals surface area contributed by atoms with Crippen LogP contribution in [0.3, 0.4) is 0 Å². The van der Waals surface area contributed by atoms with Gasteiger partial charge in [0.2, 0.25) is 0 Å². The lowest BCUT2D eigenvalue weighted by Crippen LogP contribution is -2.55. The van der Waals surface area contributed by atoms with Crippen LogP contribution in [0.4, 0.5) is 22.2 Å². The van der Waals surface area contributed by atoms with Gasteiger partial charge in [-0.15, -0.1) is 0 Å². The Labute approximate surface area is 287 Å². The predicted molar refractivity (Wildman–Crippen MR) is 197 cm³/mol. The average Bonchev–Trinajstić information content (AvgIpc) is 2.97. The summed E-state index contributed by atoms with van der Waals surface area (Å²) in [5.41, 5.74) is 2.88. The molecule has 2 amide bonds. The van der Waals surface area contributed by atoms with Crippen LogP contribution in [-0.4, -0.2) is 53.5 Å². The molecule has 46 heavy (non-hydrogen) atoms. The van der Waals surface area contributed by atoms with Crippen LogP contribution in [0.25, 0.3) is 0 Å². The van der Waals surface area contributed by atoms with Crippen LogP contribution < -0.4 is 14.9 Å². The SMILES string of the molecule is CC(C)[Si](OCCN1C(=O)N(c2ccccc2Cl)Cc2cnc(N(O[SiH3])C3(C)CC[C@@H](C(C)(C)C)C[C@@H]3C)nc21)(C(C)C)C(C)C. The van der Waals surface area contributed by atoms with E-state index in [0.29, 0.717) is 81.1 Å². The fraction of sp³-hybridized carbons (Fsp3) is 0.686. The largest absolute Gasteiger partial charge is 0.414 e. The third-order valence-corrected chi connectivity index (χ3v) is 17.9. The van der Waals surface area contributed by atoms with Crippen LogP contribution in [0.5, 0.6) is 0 Å². The molecule has 0 saturated heterocycles. The van der Waals surface area contributed by atoms with E-state index < -0.39 is 8.32 Å². The van der Waals surface area contributed by atoms with Gasteiger partial charge in [-0.2, -0.15) is 4.98 Å². The molecule has 0 bridgehead atoms. The van der Waals surface area contributed by atoms with Gasteiger partial charge < -0.3 is 8.95 Å². The van der Waals surface area contributed by atoms with E-state index in [4.69, 9.17) is 30.5 Å². The number of hydrogen-bond donors (Lipinski definition) is 0. The van der Waals surface area contributed by atoms with Crippen molar-refractivity contribution in [2.75, 3.05) is 28.0 Å². The molecule has 4 rings (SSSR count). The molecule has 1 saturated carbocycles. The standard InChI is InChI=1S/C35H58ClN5O3Si2/c1-23(2)46(24(3)4,25(5)6)43-19-18-39-31-27(22-40(33(39)42)30-15-13-12-14-29(30)36)21-37-32(38-31)41(44-45)35(11)17-16-28(20-26(35)7)34(8,9)10/h12-15,21,23-26,28H,16-20,22H2,1-11,45H3/t26-,28+,35?/m0/s1. The molecule has 1 aliphatic carbocycles. The van der Waals surface area contributed by atoms with Crippen LogP contribution >= 0.6 is 11.6 Å². The van der Waals surface area contributed by atoms with E-state index in [1.54, 1.807) is 9.80 Å². The fourth-order valence-corrected chi connectivity index (χ4v) is 14.6. The highest BCUT2D eigenvalue weighted by atomic mass is 35.5. The van der Waals surface area contributed by atoms with Crippen molar-refractivity contribution in [2.24, 2.45) is 17.3 Å². The molecule has 0 N–H and O–H groups in total. The first-order valence-corrected chi connectivity index (χ1v) is 20.5. The number of fused-ring (bicyclic) bond motifs is 1. The molecule has 11 heteroatoms. The van der Waals surface area contributed by atoms with Crippen LogP contribution in [0.15, 0.2) is 30.5 Å². The Hall–Kier alpha value is -1.99. The summed E-state index contributed by atoms with van der Waals surface area (Å²) in [6.07, 6.45) is 5.09. The molecule has 2 aliphatic rings. The Morgan fingerprint density at radius 1 is 1.13 bits per heavy atom. The fourth-order valence-electron chi connectivity index (χ4n) is 8.30. The number of aromatic nitrogens is 2. The number of carbonyl (C=O) groups is 1. The average molecular weight is 689 g/mol. The van der Waals surface area contributed by atoms with Crippen molar-refractivity contribution in [1.29, 1.82) is 0 Å². The first kappa shape index (κ1) is 36.8. The molecule has 2 aromatic rings. The Morgan fingerprint density at radius 3 is 2.30 bits per heavy atom. The number of para-hydroxylation sites is 1. The van der Waals surface area contributed by atoms with E-state index in [-0.39, 0.29) is 17.0 Å². The smallest absolute Gasteiger partial charge is 0.330 e. The second-order valence-corrected chi connectivity index (χ2v) is 22.0. The van der Waals surface area contributed by atoms with E-state index in [0.717, 1.165) is 24.8 Å². The molecule has 256 valence electrons. The van der Waals surface area contributed by atoms with E-state index in [1.807, 2.05) is 35.5 Å². The van der Waals surface area contributed by atoms with Crippen LogP contribution in [0.2, 0.25) is 21.6 Å². The number of rotatable bonds is 11. The Balaban J connectivity index is 1.72. The summed E-state index contributed by atoms with van der Waals surface area (Å²) in [6.45, 7) is 26.5. The van der Waals surface area contributed by atoms with Crippen molar-refractivity contribution < 1.29 is 13.7 Å². The Bertz CT molecular complexity index is 1350. The van der Waals surface area contributed by atoms with Crippen molar-refractivity contribution in [3.8, 4) is 0 Å². The van der Waals surface area contributed by atoms with Crippen molar-refractivity contribution in [3.63, 3.8) is 0 Å². The summed E-state index contributed by atoms with van der Waals surface area (Å²) >= 11 is 6.62. The lowest BCUT2D eigenvalue weighted by molar-refractivity contribution is 0.0472. The summed E-state index contributed by atoms with van der Waals surface area (Å²) < 4.78 is 13.2. The monoisotopic (exact) mass is 687 g/mol. The minimum atomic E-state index is -2.14. The van der Waals surface area contributed by atoms with Crippen LogP contribution in [0.1, 0.15) is 101 Å². The predicted octanol–water partition coefficient (Wildman–Crippen LogP) is 8.53. The normalized spacial score (nSPS) is 22.7. The summed E-state index contributed by atoms with van der Waals surface area (Å²) in [5, 5.41) is 2.49. The van der Waals surface area contributed by atoms with Crippen molar-refractivity contribution in [2.45, 2.75) is 124 Å². The van der Waals surface area contributed by atoms with Crippen molar-refractivity contribution in [1.82, 2.24) is 9.97 Å². The number of hydroxylamine groups is 1. The van der Waals surface area contributed by atoms with Gasteiger partial charge in [0, 0.05) is 11.8 Å².